The van der Waals surface area contributed by atoms with E-state index < -0.39 is 22.0 Å². The first-order valence-electron chi connectivity index (χ1n) is 12.4. The summed E-state index contributed by atoms with van der Waals surface area (Å²) in [5.74, 6) is -1.04. The number of hydrogen-bond donors (Lipinski definition) is 1. The molecule has 194 valence electrons. The zero-order valence-electron chi connectivity index (χ0n) is 21.4. The lowest BCUT2D eigenvalue weighted by Gasteiger charge is -2.32. The van der Waals surface area contributed by atoms with E-state index in [4.69, 9.17) is 0 Å². The molecule has 0 radical (unpaired) electrons. The van der Waals surface area contributed by atoms with Crippen molar-refractivity contribution in [3.05, 3.63) is 65.2 Å². The molecule has 0 fully saturated rings. The van der Waals surface area contributed by atoms with Crippen molar-refractivity contribution in [2.45, 2.75) is 76.9 Å². The molecule has 3 rings (SSSR count). The Kier molecular flexibility index (Phi) is 8.89. The van der Waals surface area contributed by atoms with Crippen LogP contribution in [0.3, 0.4) is 0 Å². The van der Waals surface area contributed by atoms with Crippen LogP contribution in [0.1, 0.15) is 67.9 Å². The maximum Gasteiger partial charge on any atom is 0.269 e. The summed E-state index contributed by atoms with van der Waals surface area (Å²) in [6, 6.07) is 13.1. The van der Waals surface area contributed by atoms with Crippen molar-refractivity contribution in [2.24, 2.45) is 0 Å². The molecule has 0 saturated heterocycles. The quantitative estimate of drug-likeness (QED) is 0.494. The summed E-state index contributed by atoms with van der Waals surface area (Å²) in [7, 11) is -3.92. The standard InChI is InChI=1S/C27H35N3O5S/c1-5-20(4)28-26(32)23(6-2)29(18-21-13-8-7-12-19(21)3)25(31)16-11-17-30-27(33)22-14-9-10-15-24(22)36(30,34)35/h7-10,12-15,20,23H,5-6,11,16-18H2,1-4H3,(H,28,32)/t20-,23-/m1/s1. The van der Waals surface area contributed by atoms with Gasteiger partial charge >= 0.3 is 0 Å². The second-order valence-electron chi connectivity index (χ2n) is 9.17. The molecule has 8 nitrogen and oxygen atoms in total. The van der Waals surface area contributed by atoms with Crippen molar-refractivity contribution in [1.82, 2.24) is 14.5 Å². The van der Waals surface area contributed by atoms with Gasteiger partial charge in [-0.3, -0.25) is 14.4 Å². The number of nitrogens with one attached hydrogen (secondary N) is 1. The van der Waals surface area contributed by atoms with Gasteiger partial charge in [0.05, 0.1) is 5.56 Å². The fraction of sp³-hybridized carbons (Fsp3) is 0.444. The first-order chi connectivity index (χ1) is 17.1. The third kappa shape index (κ3) is 5.78. The van der Waals surface area contributed by atoms with E-state index in [1.54, 1.807) is 17.0 Å². The monoisotopic (exact) mass is 513 g/mol. The summed E-state index contributed by atoms with van der Waals surface area (Å²) in [6.07, 6.45) is 1.38. The second-order valence-corrected chi connectivity index (χ2v) is 11.0. The fourth-order valence-corrected chi connectivity index (χ4v) is 5.91. The van der Waals surface area contributed by atoms with Gasteiger partial charge in [0.1, 0.15) is 10.9 Å². The Morgan fingerprint density at radius 2 is 1.69 bits per heavy atom. The minimum Gasteiger partial charge on any atom is -0.352 e. The first-order valence-corrected chi connectivity index (χ1v) is 13.9. The molecular formula is C27H35N3O5S. The van der Waals surface area contributed by atoms with Crippen molar-refractivity contribution in [2.75, 3.05) is 6.54 Å². The van der Waals surface area contributed by atoms with E-state index in [1.807, 2.05) is 52.0 Å². The Bertz CT molecular complexity index is 1230. The van der Waals surface area contributed by atoms with E-state index in [-0.39, 0.29) is 54.2 Å². The van der Waals surface area contributed by atoms with Crippen LogP contribution in [0.5, 0.6) is 0 Å². The molecule has 3 amide bonds. The number of carbonyl (C=O) groups excluding carboxylic acids is 3. The van der Waals surface area contributed by atoms with Crippen LogP contribution in [0.4, 0.5) is 0 Å². The molecule has 0 saturated carbocycles. The summed E-state index contributed by atoms with van der Waals surface area (Å²) in [5, 5.41) is 2.98. The van der Waals surface area contributed by atoms with Gasteiger partial charge in [0, 0.05) is 25.6 Å². The smallest absolute Gasteiger partial charge is 0.269 e. The van der Waals surface area contributed by atoms with Crippen LogP contribution in [0.15, 0.2) is 53.4 Å². The normalized spacial score (nSPS) is 15.8. The molecule has 2 atom stereocenters. The Hall–Kier alpha value is -3.20. The molecule has 1 N–H and O–H groups in total. The summed E-state index contributed by atoms with van der Waals surface area (Å²) >= 11 is 0. The maximum absolute atomic E-state index is 13.4. The molecular weight excluding hydrogens is 478 g/mol. The van der Waals surface area contributed by atoms with Gasteiger partial charge in [-0.25, -0.2) is 12.7 Å². The Morgan fingerprint density at radius 1 is 1.03 bits per heavy atom. The van der Waals surface area contributed by atoms with Crippen LogP contribution in [-0.2, 0) is 26.2 Å². The van der Waals surface area contributed by atoms with Crippen molar-refractivity contribution in [1.29, 1.82) is 0 Å². The largest absolute Gasteiger partial charge is 0.352 e. The highest BCUT2D eigenvalue weighted by Gasteiger charge is 2.40. The zero-order valence-corrected chi connectivity index (χ0v) is 22.2. The summed E-state index contributed by atoms with van der Waals surface area (Å²) in [5.41, 5.74) is 2.10. The van der Waals surface area contributed by atoms with E-state index in [2.05, 4.69) is 5.32 Å². The van der Waals surface area contributed by atoms with Crippen LogP contribution < -0.4 is 5.32 Å². The molecule has 36 heavy (non-hydrogen) atoms. The van der Waals surface area contributed by atoms with Gasteiger partial charge in [0.15, 0.2) is 0 Å². The van der Waals surface area contributed by atoms with Gasteiger partial charge in [0.25, 0.3) is 15.9 Å². The first kappa shape index (κ1) is 27.4. The average Bonchev–Trinajstić information content (AvgIpc) is 3.05. The molecule has 0 unspecified atom stereocenters. The van der Waals surface area contributed by atoms with Crippen LogP contribution in [0, 0.1) is 6.92 Å². The SMILES string of the molecule is CC[C@@H](C)NC(=O)[C@@H](CC)N(Cc1ccccc1C)C(=O)CCCN1C(=O)c2ccccc2S1(=O)=O. The highest BCUT2D eigenvalue weighted by Crippen LogP contribution is 2.30. The molecule has 0 aliphatic carbocycles. The number of hydrogen-bond acceptors (Lipinski definition) is 5. The van der Waals surface area contributed by atoms with Crippen LogP contribution >= 0.6 is 0 Å². The van der Waals surface area contributed by atoms with Crippen molar-refractivity contribution in [3.8, 4) is 0 Å². The van der Waals surface area contributed by atoms with E-state index in [1.165, 1.54) is 12.1 Å². The average molecular weight is 514 g/mol. The van der Waals surface area contributed by atoms with Gasteiger partial charge in [-0.2, -0.15) is 0 Å². The summed E-state index contributed by atoms with van der Waals surface area (Å²) in [4.78, 5) is 40.8. The fourth-order valence-electron chi connectivity index (χ4n) is 4.30. The molecule has 0 aromatic heterocycles. The topological polar surface area (TPSA) is 104 Å². The van der Waals surface area contributed by atoms with E-state index in [9.17, 15) is 22.8 Å². The van der Waals surface area contributed by atoms with Crippen LogP contribution in [-0.4, -0.2) is 54.0 Å². The zero-order chi connectivity index (χ0) is 26.5. The van der Waals surface area contributed by atoms with E-state index in [0.717, 1.165) is 21.9 Å². The van der Waals surface area contributed by atoms with Gasteiger partial charge in [0.2, 0.25) is 11.8 Å². The molecule has 2 aromatic carbocycles. The van der Waals surface area contributed by atoms with Gasteiger partial charge in [-0.05, 0) is 56.4 Å². The van der Waals surface area contributed by atoms with Gasteiger partial charge < -0.3 is 10.2 Å². The third-order valence-corrected chi connectivity index (χ3v) is 8.49. The lowest BCUT2D eigenvalue weighted by Crippen LogP contribution is -2.50. The van der Waals surface area contributed by atoms with Gasteiger partial charge in [-0.15, -0.1) is 0 Å². The summed E-state index contributed by atoms with van der Waals surface area (Å²) in [6.45, 7) is 7.89. The minimum absolute atomic E-state index is 0.00438. The Morgan fingerprint density at radius 3 is 2.33 bits per heavy atom. The predicted octanol–water partition coefficient (Wildman–Crippen LogP) is 3.64. The number of nitrogens with zero attached hydrogens (tertiary/aromatic N) is 2. The molecule has 2 aromatic rings. The number of amides is 3. The lowest BCUT2D eigenvalue weighted by atomic mass is 10.0. The van der Waals surface area contributed by atoms with Crippen LogP contribution in [0.2, 0.25) is 0 Å². The van der Waals surface area contributed by atoms with Crippen molar-refractivity contribution < 1.29 is 22.8 Å². The molecule has 1 aliphatic rings. The highest BCUT2D eigenvalue weighted by molar-refractivity contribution is 7.90. The molecule has 0 spiro atoms. The Labute approximate surface area is 213 Å². The minimum atomic E-state index is -3.92. The number of aryl methyl sites for hydroxylation is 1. The summed E-state index contributed by atoms with van der Waals surface area (Å²) < 4.78 is 26.5. The molecule has 1 heterocycles. The van der Waals surface area contributed by atoms with E-state index >= 15 is 0 Å². The number of benzene rings is 2. The number of fused-ring (bicyclic) bond motifs is 1. The van der Waals surface area contributed by atoms with Crippen molar-refractivity contribution in [3.63, 3.8) is 0 Å². The molecule has 0 bridgehead atoms. The van der Waals surface area contributed by atoms with Crippen molar-refractivity contribution >= 4 is 27.7 Å². The number of carbonyl (C=O) groups is 3. The molecule has 1 aliphatic heterocycles. The Balaban J connectivity index is 1.76. The predicted molar refractivity (Wildman–Crippen MR) is 138 cm³/mol. The van der Waals surface area contributed by atoms with E-state index in [0.29, 0.717) is 6.42 Å². The third-order valence-electron chi connectivity index (χ3n) is 6.65. The second kappa shape index (κ2) is 11.7. The van der Waals surface area contributed by atoms with Crippen LogP contribution in [0.25, 0.3) is 0 Å². The lowest BCUT2D eigenvalue weighted by molar-refractivity contribution is -0.141. The highest BCUT2D eigenvalue weighted by atomic mass is 32.2. The number of sulfonamides is 1. The molecule has 9 heteroatoms. The van der Waals surface area contributed by atoms with Gasteiger partial charge in [-0.1, -0.05) is 50.2 Å². The maximum atomic E-state index is 13.4. The number of rotatable bonds is 11.